The van der Waals surface area contributed by atoms with Gasteiger partial charge in [0.15, 0.2) is 0 Å². The summed E-state index contributed by atoms with van der Waals surface area (Å²) in [5.74, 6) is 0.388. The molecule has 0 saturated carbocycles. The largest absolute Gasteiger partial charge is 0.342 e. The molecule has 1 saturated heterocycles. The summed E-state index contributed by atoms with van der Waals surface area (Å²) in [6.45, 7) is 9.46. The molecule has 3 nitrogen and oxygen atoms in total. The SMILES string of the molecule is CCCCCCCCCCCCN(CCCCCCCCCCCC)CC(=O)N1CCCCC1. The second-order valence-corrected chi connectivity index (χ2v) is 11.1. The molecule has 0 N–H and O–H groups in total. The standard InChI is InChI=1S/C31H62N2O/c1-3-5-7-9-11-13-15-17-19-22-26-32(30-31(34)33-28-24-21-25-29-33)27-23-20-18-16-14-12-10-8-6-4-2/h3-30H2,1-2H3. The number of rotatable bonds is 24. The lowest BCUT2D eigenvalue weighted by atomic mass is 10.1. The van der Waals surface area contributed by atoms with E-state index in [0.29, 0.717) is 12.5 Å². The Balaban J connectivity index is 2.17. The lowest BCUT2D eigenvalue weighted by molar-refractivity contribution is -0.133. The zero-order valence-electron chi connectivity index (χ0n) is 23.6. The van der Waals surface area contributed by atoms with Crippen LogP contribution in [0.4, 0.5) is 0 Å². The summed E-state index contributed by atoms with van der Waals surface area (Å²) in [6, 6.07) is 0. The summed E-state index contributed by atoms with van der Waals surface area (Å²) in [7, 11) is 0. The summed E-state index contributed by atoms with van der Waals surface area (Å²) in [5, 5.41) is 0. The van der Waals surface area contributed by atoms with Gasteiger partial charge in [0.2, 0.25) is 5.91 Å². The minimum Gasteiger partial charge on any atom is -0.342 e. The minimum absolute atomic E-state index is 0.388. The molecule has 34 heavy (non-hydrogen) atoms. The molecule has 1 aliphatic rings. The third-order valence-corrected chi connectivity index (χ3v) is 7.72. The Hall–Kier alpha value is -0.570. The van der Waals surface area contributed by atoms with E-state index in [1.165, 1.54) is 148 Å². The molecule has 0 aromatic rings. The number of hydrogen-bond acceptors (Lipinski definition) is 2. The summed E-state index contributed by atoms with van der Waals surface area (Å²) in [4.78, 5) is 17.5. The fourth-order valence-electron chi connectivity index (χ4n) is 5.35. The van der Waals surface area contributed by atoms with Crippen LogP contribution in [0.25, 0.3) is 0 Å². The zero-order valence-corrected chi connectivity index (χ0v) is 23.6. The molecule has 0 spiro atoms. The molecular formula is C31H62N2O. The molecule has 1 aliphatic heterocycles. The van der Waals surface area contributed by atoms with Crippen molar-refractivity contribution < 1.29 is 4.79 Å². The van der Waals surface area contributed by atoms with Crippen molar-refractivity contribution in [3.63, 3.8) is 0 Å². The molecule has 0 atom stereocenters. The van der Waals surface area contributed by atoms with E-state index in [9.17, 15) is 4.79 Å². The maximum absolute atomic E-state index is 12.9. The van der Waals surface area contributed by atoms with Crippen LogP contribution in [-0.4, -0.2) is 48.4 Å². The van der Waals surface area contributed by atoms with Gasteiger partial charge in [-0.3, -0.25) is 9.69 Å². The quantitative estimate of drug-likeness (QED) is 0.129. The van der Waals surface area contributed by atoms with E-state index in [0.717, 1.165) is 26.2 Å². The van der Waals surface area contributed by atoms with Crippen molar-refractivity contribution in [1.29, 1.82) is 0 Å². The molecule has 0 radical (unpaired) electrons. The Morgan fingerprint density at radius 2 is 0.882 bits per heavy atom. The van der Waals surface area contributed by atoms with Gasteiger partial charge in [-0.1, -0.05) is 129 Å². The van der Waals surface area contributed by atoms with E-state index in [4.69, 9.17) is 0 Å². The number of hydrogen-bond donors (Lipinski definition) is 0. The van der Waals surface area contributed by atoms with Crippen molar-refractivity contribution in [1.82, 2.24) is 9.80 Å². The van der Waals surface area contributed by atoms with Crippen LogP contribution in [0.1, 0.15) is 162 Å². The highest BCUT2D eigenvalue weighted by Gasteiger charge is 2.19. The van der Waals surface area contributed by atoms with Crippen molar-refractivity contribution in [2.24, 2.45) is 0 Å². The predicted molar refractivity (Wildman–Crippen MR) is 151 cm³/mol. The molecule has 0 unspecified atom stereocenters. The van der Waals surface area contributed by atoms with Gasteiger partial charge in [0.25, 0.3) is 0 Å². The Morgan fingerprint density at radius 3 is 1.26 bits per heavy atom. The first kappa shape index (κ1) is 31.5. The monoisotopic (exact) mass is 478 g/mol. The highest BCUT2D eigenvalue weighted by molar-refractivity contribution is 5.78. The van der Waals surface area contributed by atoms with Gasteiger partial charge >= 0.3 is 0 Å². The van der Waals surface area contributed by atoms with Crippen LogP contribution in [0, 0.1) is 0 Å². The third-order valence-electron chi connectivity index (χ3n) is 7.72. The lowest BCUT2D eigenvalue weighted by Crippen LogP contribution is -2.43. The number of unbranched alkanes of at least 4 members (excludes halogenated alkanes) is 18. The Labute approximate surface area is 214 Å². The average Bonchev–Trinajstić information content (AvgIpc) is 2.86. The first-order valence-corrected chi connectivity index (χ1v) is 15.8. The number of nitrogens with zero attached hydrogens (tertiary/aromatic N) is 2. The zero-order chi connectivity index (χ0) is 24.5. The maximum Gasteiger partial charge on any atom is 0.236 e. The molecule has 0 aliphatic carbocycles. The highest BCUT2D eigenvalue weighted by atomic mass is 16.2. The van der Waals surface area contributed by atoms with Gasteiger partial charge < -0.3 is 4.90 Å². The molecule has 3 heteroatoms. The van der Waals surface area contributed by atoms with Crippen molar-refractivity contribution in [2.75, 3.05) is 32.7 Å². The summed E-state index contributed by atoms with van der Waals surface area (Å²) in [6.07, 6.45) is 31.3. The number of carbonyl (C=O) groups excluding carboxylic acids is 1. The molecule has 0 bridgehead atoms. The Kier molecular flexibility index (Phi) is 22.3. The fraction of sp³-hybridized carbons (Fsp3) is 0.968. The summed E-state index contributed by atoms with van der Waals surface area (Å²) in [5.41, 5.74) is 0. The first-order valence-electron chi connectivity index (χ1n) is 15.8. The second kappa shape index (κ2) is 24.1. The van der Waals surface area contributed by atoms with E-state index >= 15 is 0 Å². The number of likely N-dealkylation sites (tertiary alicyclic amines) is 1. The van der Waals surface area contributed by atoms with Crippen molar-refractivity contribution >= 4 is 5.91 Å². The second-order valence-electron chi connectivity index (χ2n) is 11.1. The lowest BCUT2D eigenvalue weighted by Gasteiger charge is -2.30. The maximum atomic E-state index is 12.9. The van der Waals surface area contributed by atoms with E-state index < -0.39 is 0 Å². The van der Waals surface area contributed by atoms with Crippen LogP contribution < -0.4 is 0 Å². The van der Waals surface area contributed by atoms with Gasteiger partial charge in [0, 0.05) is 13.1 Å². The van der Waals surface area contributed by atoms with Crippen LogP contribution in [0.2, 0.25) is 0 Å². The topological polar surface area (TPSA) is 23.6 Å². The van der Waals surface area contributed by atoms with Crippen molar-refractivity contribution in [3.05, 3.63) is 0 Å². The van der Waals surface area contributed by atoms with Crippen molar-refractivity contribution in [2.45, 2.75) is 162 Å². The van der Waals surface area contributed by atoms with E-state index in [-0.39, 0.29) is 0 Å². The normalized spacial score (nSPS) is 14.3. The van der Waals surface area contributed by atoms with Gasteiger partial charge in [-0.05, 0) is 45.2 Å². The number of piperidine rings is 1. The molecule has 0 aromatic carbocycles. The Morgan fingerprint density at radius 1 is 0.529 bits per heavy atom. The smallest absolute Gasteiger partial charge is 0.236 e. The van der Waals surface area contributed by atoms with Crippen LogP contribution in [0.15, 0.2) is 0 Å². The highest BCUT2D eigenvalue weighted by Crippen LogP contribution is 2.14. The third kappa shape index (κ3) is 18.7. The van der Waals surface area contributed by atoms with Gasteiger partial charge in [-0.2, -0.15) is 0 Å². The fourth-order valence-corrected chi connectivity index (χ4v) is 5.35. The molecular weight excluding hydrogens is 416 g/mol. The van der Waals surface area contributed by atoms with Crippen molar-refractivity contribution in [3.8, 4) is 0 Å². The molecule has 0 aromatic heterocycles. The van der Waals surface area contributed by atoms with E-state index in [1.807, 2.05) is 0 Å². The minimum atomic E-state index is 0.388. The molecule has 1 heterocycles. The number of carbonyl (C=O) groups is 1. The van der Waals surface area contributed by atoms with Gasteiger partial charge in [0.05, 0.1) is 6.54 Å². The van der Waals surface area contributed by atoms with Crippen LogP contribution >= 0.6 is 0 Å². The molecule has 1 fully saturated rings. The molecule has 1 rings (SSSR count). The van der Waals surface area contributed by atoms with Gasteiger partial charge in [0.1, 0.15) is 0 Å². The van der Waals surface area contributed by atoms with Gasteiger partial charge in [-0.15, -0.1) is 0 Å². The van der Waals surface area contributed by atoms with E-state index in [2.05, 4.69) is 23.6 Å². The van der Waals surface area contributed by atoms with E-state index in [1.54, 1.807) is 0 Å². The molecule has 1 amide bonds. The Bertz CT molecular complexity index is 409. The molecule has 202 valence electrons. The summed E-state index contributed by atoms with van der Waals surface area (Å²) >= 11 is 0. The average molecular weight is 479 g/mol. The summed E-state index contributed by atoms with van der Waals surface area (Å²) < 4.78 is 0. The van der Waals surface area contributed by atoms with Crippen LogP contribution in [0.5, 0.6) is 0 Å². The van der Waals surface area contributed by atoms with Crippen LogP contribution in [0.3, 0.4) is 0 Å². The van der Waals surface area contributed by atoms with Crippen LogP contribution in [-0.2, 0) is 4.79 Å². The first-order chi connectivity index (χ1) is 16.8. The van der Waals surface area contributed by atoms with Gasteiger partial charge in [-0.25, -0.2) is 0 Å². The predicted octanol–water partition coefficient (Wildman–Crippen LogP) is 9.14. The number of amides is 1.